The van der Waals surface area contributed by atoms with Crippen molar-refractivity contribution in [1.29, 1.82) is 0 Å². The van der Waals surface area contributed by atoms with Gasteiger partial charge in [-0.1, -0.05) is 25.5 Å². The second-order valence-electron chi connectivity index (χ2n) is 3.17. The van der Waals surface area contributed by atoms with Crippen LogP contribution in [0.5, 0.6) is 0 Å². The lowest BCUT2D eigenvalue weighted by atomic mass is 10.0. The van der Waals surface area contributed by atoms with Crippen LogP contribution in [-0.2, 0) is 0 Å². The molecule has 0 aromatic heterocycles. The highest BCUT2D eigenvalue weighted by molar-refractivity contribution is 7.98. The van der Waals surface area contributed by atoms with E-state index in [2.05, 4.69) is 37.4 Å². The third-order valence-electron chi connectivity index (χ3n) is 2.14. The molecule has 0 saturated carbocycles. The molecule has 2 heteroatoms. The zero-order valence-corrected chi connectivity index (χ0v) is 9.10. The van der Waals surface area contributed by atoms with Crippen molar-refractivity contribution >= 4 is 11.8 Å². The molecule has 0 fully saturated rings. The lowest BCUT2D eigenvalue weighted by Gasteiger charge is -2.10. The number of hydrogen-bond donors (Lipinski definition) is 1. The molecule has 0 radical (unpaired) electrons. The first-order chi connectivity index (χ1) is 6.27. The maximum Gasteiger partial charge on any atom is 0.0294 e. The van der Waals surface area contributed by atoms with E-state index in [0.29, 0.717) is 0 Å². The van der Waals surface area contributed by atoms with E-state index in [0.717, 1.165) is 12.8 Å². The smallest absolute Gasteiger partial charge is 0.0294 e. The van der Waals surface area contributed by atoms with Crippen molar-refractivity contribution in [3.8, 4) is 0 Å². The van der Waals surface area contributed by atoms with Crippen LogP contribution >= 0.6 is 11.8 Å². The van der Waals surface area contributed by atoms with Gasteiger partial charge in [0.05, 0.1) is 0 Å². The molecule has 1 rings (SSSR count). The van der Waals surface area contributed by atoms with Gasteiger partial charge in [0.1, 0.15) is 0 Å². The molecule has 1 aromatic rings. The Kier molecular flexibility index (Phi) is 4.33. The molecule has 1 nitrogen and oxygen atoms in total. The summed E-state index contributed by atoms with van der Waals surface area (Å²) in [6.07, 6.45) is 4.30. The summed E-state index contributed by atoms with van der Waals surface area (Å²) >= 11 is 1.76. The molecule has 0 bridgehead atoms. The summed E-state index contributed by atoms with van der Waals surface area (Å²) in [4.78, 5) is 1.30. The first-order valence-corrected chi connectivity index (χ1v) is 5.90. The van der Waals surface area contributed by atoms with E-state index in [4.69, 9.17) is 5.73 Å². The first kappa shape index (κ1) is 10.6. The Balaban J connectivity index is 2.67. The van der Waals surface area contributed by atoms with Gasteiger partial charge >= 0.3 is 0 Å². The van der Waals surface area contributed by atoms with Crippen LogP contribution in [0.3, 0.4) is 0 Å². The monoisotopic (exact) mass is 195 g/mol. The second kappa shape index (κ2) is 5.30. The van der Waals surface area contributed by atoms with Crippen molar-refractivity contribution in [3.63, 3.8) is 0 Å². The van der Waals surface area contributed by atoms with Gasteiger partial charge in [-0.2, -0.15) is 0 Å². The number of nitrogens with two attached hydrogens (primary N) is 1. The Morgan fingerprint density at radius 1 is 1.31 bits per heavy atom. The SMILES string of the molecule is CCC[C@@H](N)c1ccc(SC)cc1. The summed E-state index contributed by atoms with van der Waals surface area (Å²) in [6.45, 7) is 2.16. The number of rotatable bonds is 4. The van der Waals surface area contributed by atoms with Crippen molar-refractivity contribution in [1.82, 2.24) is 0 Å². The van der Waals surface area contributed by atoms with Crippen molar-refractivity contribution < 1.29 is 0 Å². The highest BCUT2D eigenvalue weighted by atomic mass is 32.2. The molecule has 0 aliphatic heterocycles. The van der Waals surface area contributed by atoms with E-state index in [1.54, 1.807) is 11.8 Å². The van der Waals surface area contributed by atoms with Crippen LogP contribution in [0.1, 0.15) is 31.4 Å². The van der Waals surface area contributed by atoms with Crippen LogP contribution in [0.2, 0.25) is 0 Å². The standard InChI is InChI=1S/C11H17NS/c1-3-4-11(12)9-5-7-10(13-2)8-6-9/h5-8,11H,3-4,12H2,1-2H3/t11-/m1/s1. The molecule has 0 saturated heterocycles. The minimum atomic E-state index is 0.209. The lowest BCUT2D eigenvalue weighted by Crippen LogP contribution is -2.09. The Hall–Kier alpha value is -0.470. The molecule has 0 unspecified atom stereocenters. The molecule has 2 N–H and O–H groups in total. The van der Waals surface area contributed by atoms with Crippen LogP contribution in [0.25, 0.3) is 0 Å². The Morgan fingerprint density at radius 3 is 2.38 bits per heavy atom. The fraction of sp³-hybridized carbons (Fsp3) is 0.455. The summed E-state index contributed by atoms with van der Waals surface area (Å²) < 4.78 is 0. The van der Waals surface area contributed by atoms with Crippen molar-refractivity contribution in [2.45, 2.75) is 30.7 Å². The molecule has 0 amide bonds. The van der Waals surface area contributed by atoms with Crippen LogP contribution in [0, 0.1) is 0 Å². The molecule has 1 atom stereocenters. The second-order valence-corrected chi connectivity index (χ2v) is 4.05. The van der Waals surface area contributed by atoms with Gasteiger partial charge in [-0.25, -0.2) is 0 Å². The lowest BCUT2D eigenvalue weighted by molar-refractivity contribution is 0.638. The molecule has 72 valence electrons. The van der Waals surface area contributed by atoms with Crippen molar-refractivity contribution in [2.75, 3.05) is 6.26 Å². The zero-order chi connectivity index (χ0) is 9.68. The van der Waals surface area contributed by atoms with Gasteiger partial charge in [0.2, 0.25) is 0 Å². The van der Waals surface area contributed by atoms with Crippen LogP contribution in [-0.4, -0.2) is 6.26 Å². The number of hydrogen-bond acceptors (Lipinski definition) is 2. The Labute approximate surface area is 84.7 Å². The molecule has 0 heterocycles. The third-order valence-corrected chi connectivity index (χ3v) is 2.89. The maximum absolute atomic E-state index is 5.99. The van der Waals surface area contributed by atoms with Gasteiger partial charge in [0.15, 0.2) is 0 Å². The van der Waals surface area contributed by atoms with E-state index >= 15 is 0 Å². The maximum atomic E-state index is 5.99. The normalized spacial score (nSPS) is 12.8. The van der Waals surface area contributed by atoms with E-state index < -0.39 is 0 Å². The highest BCUT2D eigenvalue weighted by Gasteiger charge is 2.03. The van der Waals surface area contributed by atoms with Gasteiger partial charge in [-0.3, -0.25) is 0 Å². The van der Waals surface area contributed by atoms with E-state index in [1.807, 2.05) is 0 Å². The van der Waals surface area contributed by atoms with Gasteiger partial charge in [-0.15, -0.1) is 11.8 Å². The number of thioether (sulfide) groups is 1. The zero-order valence-electron chi connectivity index (χ0n) is 8.29. The summed E-state index contributed by atoms with van der Waals surface area (Å²) in [5, 5.41) is 0. The molecule has 13 heavy (non-hydrogen) atoms. The van der Waals surface area contributed by atoms with Gasteiger partial charge < -0.3 is 5.73 Å². The average Bonchev–Trinajstić information content (AvgIpc) is 2.18. The van der Waals surface area contributed by atoms with Crippen molar-refractivity contribution in [2.24, 2.45) is 5.73 Å². The van der Waals surface area contributed by atoms with Crippen molar-refractivity contribution in [3.05, 3.63) is 29.8 Å². The van der Waals surface area contributed by atoms with Crippen LogP contribution in [0.4, 0.5) is 0 Å². The molecule has 0 spiro atoms. The minimum absolute atomic E-state index is 0.209. The Bertz CT molecular complexity index is 243. The van der Waals surface area contributed by atoms with E-state index in [1.165, 1.54) is 10.5 Å². The minimum Gasteiger partial charge on any atom is -0.324 e. The van der Waals surface area contributed by atoms with E-state index in [-0.39, 0.29) is 6.04 Å². The quantitative estimate of drug-likeness (QED) is 0.747. The molecule has 0 aliphatic carbocycles. The van der Waals surface area contributed by atoms with Crippen LogP contribution in [0.15, 0.2) is 29.2 Å². The van der Waals surface area contributed by atoms with Crippen LogP contribution < -0.4 is 5.73 Å². The summed E-state index contributed by atoms with van der Waals surface area (Å²) in [5.41, 5.74) is 7.24. The molecular formula is C11H17NS. The predicted octanol–water partition coefficient (Wildman–Crippen LogP) is 3.21. The fourth-order valence-corrected chi connectivity index (χ4v) is 1.74. The van der Waals surface area contributed by atoms with E-state index in [9.17, 15) is 0 Å². The largest absolute Gasteiger partial charge is 0.324 e. The third kappa shape index (κ3) is 3.05. The first-order valence-electron chi connectivity index (χ1n) is 4.67. The summed E-state index contributed by atoms with van der Waals surface area (Å²) in [5.74, 6) is 0. The fourth-order valence-electron chi connectivity index (χ4n) is 1.33. The highest BCUT2D eigenvalue weighted by Crippen LogP contribution is 2.20. The Morgan fingerprint density at radius 2 is 1.92 bits per heavy atom. The van der Waals surface area contributed by atoms with Gasteiger partial charge in [0, 0.05) is 10.9 Å². The molecule has 0 aliphatic rings. The topological polar surface area (TPSA) is 26.0 Å². The van der Waals surface area contributed by atoms with Gasteiger partial charge in [0.25, 0.3) is 0 Å². The van der Waals surface area contributed by atoms with Gasteiger partial charge in [-0.05, 0) is 30.4 Å². The molecular weight excluding hydrogens is 178 g/mol. The number of benzene rings is 1. The average molecular weight is 195 g/mol. The summed E-state index contributed by atoms with van der Waals surface area (Å²) in [6, 6.07) is 8.74. The summed E-state index contributed by atoms with van der Waals surface area (Å²) in [7, 11) is 0. The predicted molar refractivity (Wildman–Crippen MR) is 60.1 cm³/mol. The molecule has 1 aromatic carbocycles.